The molecule has 2 saturated heterocycles. The van der Waals surface area contributed by atoms with Gasteiger partial charge < -0.3 is 20.9 Å². The highest BCUT2D eigenvalue weighted by atomic mass is 19.3. The first kappa shape index (κ1) is 22.1. The Balaban J connectivity index is 1.48. The molecule has 2 fully saturated rings. The number of hydrogen-bond acceptors (Lipinski definition) is 7. The minimum atomic E-state index is -2.87. The van der Waals surface area contributed by atoms with Gasteiger partial charge in [0.25, 0.3) is 11.8 Å². The molecule has 8 nitrogen and oxygen atoms in total. The number of alkyl halides is 2. The van der Waals surface area contributed by atoms with Gasteiger partial charge in [0.2, 0.25) is 5.95 Å². The van der Waals surface area contributed by atoms with Crippen molar-refractivity contribution in [3.63, 3.8) is 0 Å². The number of benzene rings is 1. The zero-order chi connectivity index (χ0) is 23.9. The number of nitrogens with one attached hydrogen (secondary N) is 1. The second-order valence-electron chi connectivity index (χ2n) is 8.46. The molecule has 4 heterocycles. The Morgan fingerprint density at radius 1 is 1.06 bits per heavy atom. The van der Waals surface area contributed by atoms with Crippen molar-refractivity contribution in [1.29, 1.82) is 0 Å². The van der Waals surface area contributed by atoms with Crippen molar-refractivity contribution in [1.82, 2.24) is 15.0 Å². The van der Waals surface area contributed by atoms with Crippen LogP contribution in [0.3, 0.4) is 0 Å². The first-order valence-corrected chi connectivity index (χ1v) is 10.8. The molecule has 34 heavy (non-hydrogen) atoms. The molecule has 0 radical (unpaired) electrons. The van der Waals surface area contributed by atoms with Gasteiger partial charge in [-0.1, -0.05) is 18.2 Å². The van der Waals surface area contributed by atoms with Gasteiger partial charge in [0.15, 0.2) is 5.82 Å². The van der Waals surface area contributed by atoms with Crippen LogP contribution in [-0.4, -0.2) is 59.0 Å². The van der Waals surface area contributed by atoms with Crippen molar-refractivity contribution < 1.29 is 18.0 Å². The van der Waals surface area contributed by atoms with E-state index < -0.39 is 24.2 Å². The molecule has 2 aliphatic heterocycles. The molecule has 2 aromatic heterocycles. The zero-order valence-corrected chi connectivity index (χ0v) is 18.1. The Morgan fingerprint density at radius 3 is 2.44 bits per heavy atom. The Labute approximate surface area is 193 Å². The Hall–Kier alpha value is -3.73. The highest BCUT2D eigenvalue weighted by Crippen LogP contribution is 2.39. The van der Waals surface area contributed by atoms with Gasteiger partial charge in [0.05, 0.1) is 17.8 Å². The van der Waals surface area contributed by atoms with Crippen LogP contribution in [0.25, 0.3) is 11.1 Å². The Bertz CT molecular complexity index is 1220. The second kappa shape index (κ2) is 8.56. The van der Waals surface area contributed by atoms with E-state index in [-0.39, 0.29) is 41.6 Å². The molecule has 0 saturated carbocycles. The van der Waals surface area contributed by atoms with Crippen LogP contribution in [0, 0.1) is 5.82 Å². The smallest absolute Gasteiger partial charge is 0.266 e. The lowest BCUT2D eigenvalue weighted by atomic mass is 10.0. The minimum absolute atomic E-state index is 0.0549. The molecule has 1 amide bonds. The SMILES string of the molecule is NC1CN(c2ncc(C(=O)Nc3c(-c4ccccc4F)ccnc3N3CCC(F)(F)C3)cn2)C1. The molecule has 3 aromatic rings. The van der Waals surface area contributed by atoms with E-state index in [9.17, 15) is 18.0 Å². The van der Waals surface area contributed by atoms with Gasteiger partial charge in [0, 0.05) is 61.8 Å². The van der Waals surface area contributed by atoms with E-state index in [2.05, 4.69) is 20.3 Å². The van der Waals surface area contributed by atoms with Gasteiger partial charge in [-0.15, -0.1) is 0 Å². The predicted molar refractivity (Wildman–Crippen MR) is 122 cm³/mol. The monoisotopic (exact) mass is 469 g/mol. The molecule has 0 aliphatic carbocycles. The lowest BCUT2D eigenvalue weighted by molar-refractivity contribution is 0.0257. The second-order valence-corrected chi connectivity index (χ2v) is 8.46. The number of hydrogen-bond donors (Lipinski definition) is 2. The van der Waals surface area contributed by atoms with Gasteiger partial charge in [-0.05, 0) is 12.1 Å². The topological polar surface area (TPSA) is 100 Å². The third-order valence-corrected chi connectivity index (χ3v) is 5.90. The maximum absolute atomic E-state index is 14.6. The maximum Gasteiger partial charge on any atom is 0.266 e. The van der Waals surface area contributed by atoms with E-state index >= 15 is 0 Å². The van der Waals surface area contributed by atoms with Crippen LogP contribution in [0.15, 0.2) is 48.9 Å². The number of anilines is 3. The number of nitrogens with two attached hydrogens (primary N) is 1. The van der Waals surface area contributed by atoms with E-state index in [0.717, 1.165) is 0 Å². The standard InChI is InChI=1S/C23H22F3N7O/c24-18-4-2-1-3-16(18)17-5-7-28-20(32-8-6-23(25,26)13-32)19(17)31-21(34)14-9-29-22(30-10-14)33-11-15(27)12-33/h1-5,7,9-10,15H,6,8,11-13,27H2,(H,31,34). The average Bonchev–Trinajstić information content (AvgIpc) is 3.17. The maximum atomic E-state index is 14.6. The van der Waals surface area contributed by atoms with Crippen molar-refractivity contribution in [2.24, 2.45) is 5.73 Å². The molecule has 3 N–H and O–H groups in total. The Kier molecular flexibility index (Phi) is 5.56. The molecular weight excluding hydrogens is 447 g/mol. The summed E-state index contributed by atoms with van der Waals surface area (Å²) in [6.45, 7) is 0.785. The van der Waals surface area contributed by atoms with Crippen LogP contribution in [-0.2, 0) is 0 Å². The fourth-order valence-corrected chi connectivity index (χ4v) is 4.10. The average molecular weight is 469 g/mol. The number of nitrogens with zero attached hydrogens (tertiary/aromatic N) is 5. The van der Waals surface area contributed by atoms with E-state index in [0.29, 0.717) is 24.6 Å². The lowest BCUT2D eigenvalue weighted by Crippen LogP contribution is -2.56. The number of carbonyl (C=O) groups is 1. The summed E-state index contributed by atoms with van der Waals surface area (Å²) in [6, 6.07) is 7.66. The van der Waals surface area contributed by atoms with Gasteiger partial charge in [-0.3, -0.25) is 4.79 Å². The quantitative estimate of drug-likeness (QED) is 0.593. The van der Waals surface area contributed by atoms with Crippen molar-refractivity contribution in [2.45, 2.75) is 18.4 Å². The van der Waals surface area contributed by atoms with Crippen molar-refractivity contribution >= 4 is 23.4 Å². The summed E-state index contributed by atoms with van der Waals surface area (Å²) in [5, 5.41) is 2.74. The number of aromatic nitrogens is 3. The summed E-state index contributed by atoms with van der Waals surface area (Å²) in [7, 11) is 0. The lowest BCUT2D eigenvalue weighted by Gasteiger charge is -2.36. The zero-order valence-electron chi connectivity index (χ0n) is 18.1. The summed E-state index contributed by atoms with van der Waals surface area (Å²) in [6.07, 6.45) is 3.84. The van der Waals surface area contributed by atoms with Gasteiger partial charge in [-0.2, -0.15) is 0 Å². The molecule has 2 aliphatic rings. The van der Waals surface area contributed by atoms with Crippen LogP contribution < -0.4 is 20.9 Å². The number of rotatable bonds is 5. The molecule has 5 rings (SSSR count). The van der Waals surface area contributed by atoms with E-state index in [1.807, 2.05) is 4.90 Å². The van der Waals surface area contributed by atoms with Gasteiger partial charge in [0.1, 0.15) is 5.82 Å². The molecule has 1 aromatic carbocycles. The van der Waals surface area contributed by atoms with E-state index in [1.165, 1.54) is 29.6 Å². The van der Waals surface area contributed by atoms with Crippen molar-refractivity contribution in [3.05, 3.63) is 60.3 Å². The third-order valence-electron chi connectivity index (χ3n) is 5.90. The fourth-order valence-electron chi connectivity index (χ4n) is 4.10. The fraction of sp³-hybridized carbons (Fsp3) is 0.304. The van der Waals surface area contributed by atoms with Gasteiger partial charge >= 0.3 is 0 Å². The normalized spacial score (nSPS) is 17.5. The van der Waals surface area contributed by atoms with Crippen molar-refractivity contribution in [2.75, 3.05) is 41.3 Å². The number of amides is 1. The number of carbonyl (C=O) groups excluding carboxylic acids is 1. The molecule has 11 heteroatoms. The molecule has 0 bridgehead atoms. The highest BCUT2D eigenvalue weighted by Gasteiger charge is 2.40. The molecule has 0 unspecified atom stereocenters. The van der Waals surface area contributed by atoms with Crippen LogP contribution >= 0.6 is 0 Å². The van der Waals surface area contributed by atoms with Crippen LogP contribution in [0.2, 0.25) is 0 Å². The molecule has 176 valence electrons. The summed E-state index contributed by atoms with van der Waals surface area (Å²) in [5.74, 6) is -3.34. The molecular formula is C23H22F3N7O. The summed E-state index contributed by atoms with van der Waals surface area (Å²) in [4.78, 5) is 29.1. The van der Waals surface area contributed by atoms with E-state index in [4.69, 9.17) is 5.73 Å². The van der Waals surface area contributed by atoms with Crippen molar-refractivity contribution in [3.8, 4) is 11.1 Å². The highest BCUT2D eigenvalue weighted by molar-refractivity contribution is 6.08. The predicted octanol–water partition coefficient (Wildman–Crippen LogP) is 2.92. The minimum Gasteiger partial charge on any atom is -0.349 e. The first-order valence-electron chi connectivity index (χ1n) is 10.8. The summed E-state index contributed by atoms with van der Waals surface area (Å²) in [5.41, 5.74) is 6.64. The van der Waals surface area contributed by atoms with E-state index in [1.54, 1.807) is 24.3 Å². The molecule has 0 atom stereocenters. The summed E-state index contributed by atoms with van der Waals surface area (Å²) >= 11 is 0. The third kappa shape index (κ3) is 4.26. The molecule has 0 spiro atoms. The summed E-state index contributed by atoms with van der Waals surface area (Å²) < 4.78 is 42.5. The van der Waals surface area contributed by atoms with Crippen LogP contribution in [0.1, 0.15) is 16.8 Å². The first-order chi connectivity index (χ1) is 16.3. The number of pyridine rings is 1. The Morgan fingerprint density at radius 2 is 1.79 bits per heavy atom. The number of halogens is 3. The largest absolute Gasteiger partial charge is 0.349 e. The van der Waals surface area contributed by atoms with Crippen LogP contribution in [0.4, 0.5) is 30.6 Å². The van der Waals surface area contributed by atoms with Gasteiger partial charge in [-0.25, -0.2) is 28.1 Å². The van der Waals surface area contributed by atoms with Crippen LogP contribution in [0.5, 0.6) is 0 Å².